The molecule has 0 saturated heterocycles. The molecule has 0 heterocycles. The first kappa shape index (κ1) is 13.9. The Morgan fingerprint density at radius 2 is 2.12 bits per heavy atom. The van der Waals surface area contributed by atoms with Crippen LogP contribution in [0.5, 0.6) is 0 Å². The molecule has 1 aromatic carbocycles. The van der Waals surface area contributed by atoms with Crippen molar-refractivity contribution in [1.29, 1.82) is 0 Å². The Balaban J connectivity index is 3.21. The summed E-state index contributed by atoms with van der Waals surface area (Å²) < 4.78 is 0.765. The Morgan fingerprint density at radius 1 is 1.47 bits per heavy atom. The monoisotopic (exact) mass is 316 g/mol. The smallest absolute Gasteiger partial charge is 0.328 e. The fraction of sp³-hybridized carbons (Fsp3) is 0.167. The average Bonchev–Trinajstić information content (AvgIpc) is 2.25. The van der Waals surface area contributed by atoms with Crippen molar-refractivity contribution < 1.29 is 14.7 Å². The lowest BCUT2D eigenvalue weighted by Gasteiger charge is -2.07. The summed E-state index contributed by atoms with van der Waals surface area (Å²) >= 11 is 9.00. The molecule has 1 atom stereocenters. The van der Waals surface area contributed by atoms with E-state index < -0.39 is 11.3 Å². The Morgan fingerprint density at radius 3 is 2.65 bits per heavy atom. The molecule has 90 valence electrons. The van der Waals surface area contributed by atoms with Crippen LogP contribution in [0.3, 0.4) is 0 Å². The summed E-state index contributed by atoms with van der Waals surface area (Å²) in [6.45, 7) is 1.58. The van der Waals surface area contributed by atoms with Crippen LogP contribution in [0.2, 0.25) is 0 Å². The molecule has 17 heavy (non-hydrogen) atoms. The van der Waals surface area contributed by atoms with Crippen LogP contribution < -0.4 is 0 Å². The second kappa shape index (κ2) is 5.98. The van der Waals surface area contributed by atoms with E-state index in [1.807, 2.05) is 0 Å². The highest BCUT2D eigenvalue weighted by Crippen LogP contribution is 2.20. The van der Waals surface area contributed by atoms with Gasteiger partial charge in [-0.05, 0) is 36.8 Å². The van der Waals surface area contributed by atoms with Crippen molar-refractivity contribution in [2.45, 2.75) is 12.3 Å². The first-order valence-electron chi connectivity index (χ1n) is 4.80. The van der Waals surface area contributed by atoms with Crippen LogP contribution >= 0.6 is 27.5 Å². The molecule has 0 radical (unpaired) electrons. The minimum absolute atomic E-state index is 0.232. The van der Waals surface area contributed by atoms with Gasteiger partial charge in [-0.15, -0.1) is 11.6 Å². The lowest BCUT2D eigenvalue weighted by Crippen LogP contribution is -2.12. The van der Waals surface area contributed by atoms with Crippen LogP contribution in [-0.4, -0.2) is 22.2 Å². The number of carboxylic acids is 1. The van der Waals surface area contributed by atoms with Gasteiger partial charge in [0, 0.05) is 16.1 Å². The van der Waals surface area contributed by atoms with Crippen molar-refractivity contribution in [3.8, 4) is 0 Å². The number of rotatable bonds is 4. The number of hydrogen-bond donors (Lipinski definition) is 1. The standard InChI is InChI=1S/C12H10BrClO3/c1-7(14)12(17)10-4-3-9(13)6-8(10)2-5-11(15)16/h2-7H,1H3,(H,15,16)/b5-2+. The Hall–Kier alpha value is -1.13. The van der Waals surface area contributed by atoms with Gasteiger partial charge in [0.25, 0.3) is 0 Å². The predicted molar refractivity (Wildman–Crippen MR) is 70.5 cm³/mol. The molecular formula is C12H10BrClO3. The van der Waals surface area contributed by atoms with Crippen molar-refractivity contribution in [2.24, 2.45) is 0 Å². The first-order valence-corrected chi connectivity index (χ1v) is 6.03. The van der Waals surface area contributed by atoms with E-state index in [-0.39, 0.29) is 5.78 Å². The molecule has 0 saturated carbocycles. The number of halogens is 2. The van der Waals surface area contributed by atoms with Gasteiger partial charge in [0.2, 0.25) is 0 Å². The molecular weight excluding hydrogens is 307 g/mol. The van der Waals surface area contributed by atoms with Crippen molar-refractivity contribution in [2.75, 3.05) is 0 Å². The lowest BCUT2D eigenvalue weighted by atomic mass is 10.0. The molecule has 3 nitrogen and oxygen atoms in total. The van der Waals surface area contributed by atoms with Gasteiger partial charge in [-0.2, -0.15) is 0 Å². The molecule has 0 aliphatic heterocycles. The van der Waals surface area contributed by atoms with Gasteiger partial charge in [0.15, 0.2) is 5.78 Å². The lowest BCUT2D eigenvalue weighted by molar-refractivity contribution is -0.131. The highest BCUT2D eigenvalue weighted by molar-refractivity contribution is 9.10. The van der Waals surface area contributed by atoms with Gasteiger partial charge in [-0.3, -0.25) is 4.79 Å². The minimum Gasteiger partial charge on any atom is -0.478 e. The third-order valence-corrected chi connectivity index (χ3v) is 2.74. The number of ketones is 1. The quantitative estimate of drug-likeness (QED) is 0.526. The fourth-order valence-corrected chi connectivity index (χ4v) is 1.77. The molecule has 0 spiro atoms. The highest BCUT2D eigenvalue weighted by atomic mass is 79.9. The number of aliphatic carboxylic acids is 1. The molecule has 0 aromatic heterocycles. The molecule has 5 heteroatoms. The molecule has 1 unspecified atom stereocenters. The number of benzene rings is 1. The summed E-state index contributed by atoms with van der Waals surface area (Å²) in [7, 11) is 0. The summed E-state index contributed by atoms with van der Waals surface area (Å²) in [6.07, 6.45) is 2.36. The third-order valence-electron chi connectivity index (χ3n) is 2.05. The minimum atomic E-state index is -1.07. The van der Waals surface area contributed by atoms with E-state index in [9.17, 15) is 9.59 Å². The first-order chi connectivity index (χ1) is 7.91. The van der Waals surface area contributed by atoms with Crippen molar-refractivity contribution >= 4 is 45.4 Å². The molecule has 0 amide bonds. The molecule has 0 bridgehead atoms. The normalized spacial score (nSPS) is 12.6. The SMILES string of the molecule is CC(Cl)C(=O)c1ccc(Br)cc1/C=C/C(=O)O. The number of carbonyl (C=O) groups excluding carboxylic acids is 1. The topological polar surface area (TPSA) is 54.4 Å². The van der Waals surface area contributed by atoms with Gasteiger partial charge in [0.1, 0.15) is 0 Å². The Bertz CT molecular complexity index is 481. The summed E-state index contributed by atoms with van der Waals surface area (Å²) in [4.78, 5) is 22.3. The van der Waals surface area contributed by atoms with Crippen LogP contribution in [0, 0.1) is 0 Å². The average molecular weight is 318 g/mol. The number of carbonyl (C=O) groups is 2. The Labute approximate surface area is 112 Å². The van der Waals surface area contributed by atoms with Crippen molar-refractivity contribution in [3.63, 3.8) is 0 Å². The van der Waals surface area contributed by atoms with E-state index in [0.717, 1.165) is 10.5 Å². The van der Waals surface area contributed by atoms with Crippen LogP contribution in [0.15, 0.2) is 28.7 Å². The highest BCUT2D eigenvalue weighted by Gasteiger charge is 2.15. The summed E-state index contributed by atoms with van der Waals surface area (Å²) in [5, 5.41) is 7.93. The van der Waals surface area contributed by atoms with E-state index >= 15 is 0 Å². The van der Waals surface area contributed by atoms with E-state index in [0.29, 0.717) is 11.1 Å². The zero-order chi connectivity index (χ0) is 13.0. The number of alkyl halides is 1. The molecule has 1 rings (SSSR count). The molecule has 1 aromatic rings. The van der Waals surface area contributed by atoms with Crippen LogP contribution in [0.25, 0.3) is 6.08 Å². The number of carboxylic acid groups (broad SMARTS) is 1. The van der Waals surface area contributed by atoms with Crippen LogP contribution in [0.4, 0.5) is 0 Å². The van der Waals surface area contributed by atoms with E-state index in [1.54, 1.807) is 25.1 Å². The summed E-state index contributed by atoms with van der Waals surface area (Å²) in [5.74, 6) is -1.30. The van der Waals surface area contributed by atoms with E-state index in [1.165, 1.54) is 6.08 Å². The Kier molecular flexibility index (Phi) is 4.90. The second-order valence-electron chi connectivity index (χ2n) is 3.38. The van der Waals surface area contributed by atoms with Gasteiger partial charge in [0.05, 0.1) is 5.38 Å². The number of Topliss-reactive ketones (excluding diaryl/α,β-unsaturated/α-hetero) is 1. The molecule has 1 N–H and O–H groups in total. The van der Waals surface area contributed by atoms with Crippen molar-refractivity contribution in [1.82, 2.24) is 0 Å². The maximum Gasteiger partial charge on any atom is 0.328 e. The van der Waals surface area contributed by atoms with Crippen molar-refractivity contribution in [3.05, 3.63) is 39.9 Å². The van der Waals surface area contributed by atoms with Gasteiger partial charge in [-0.25, -0.2) is 4.79 Å². The maximum atomic E-state index is 11.8. The molecule has 0 fully saturated rings. The van der Waals surface area contributed by atoms with E-state index in [4.69, 9.17) is 16.7 Å². The summed E-state index contributed by atoms with van der Waals surface area (Å²) in [6, 6.07) is 5.00. The third kappa shape index (κ3) is 3.98. The number of hydrogen-bond acceptors (Lipinski definition) is 2. The largest absolute Gasteiger partial charge is 0.478 e. The molecule has 0 aliphatic carbocycles. The second-order valence-corrected chi connectivity index (χ2v) is 4.95. The van der Waals surface area contributed by atoms with Crippen LogP contribution in [-0.2, 0) is 4.79 Å². The zero-order valence-electron chi connectivity index (χ0n) is 8.98. The van der Waals surface area contributed by atoms with E-state index in [2.05, 4.69) is 15.9 Å². The van der Waals surface area contributed by atoms with Gasteiger partial charge in [-0.1, -0.05) is 15.9 Å². The molecule has 0 aliphatic rings. The van der Waals surface area contributed by atoms with Gasteiger partial charge < -0.3 is 5.11 Å². The fourth-order valence-electron chi connectivity index (χ4n) is 1.27. The predicted octanol–water partition coefficient (Wildman–Crippen LogP) is 3.36. The van der Waals surface area contributed by atoms with Crippen LogP contribution in [0.1, 0.15) is 22.8 Å². The zero-order valence-corrected chi connectivity index (χ0v) is 11.3. The summed E-state index contributed by atoms with van der Waals surface area (Å²) in [5.41, 5.74) is 0.937. The maximum absolute atomic E-state index is 11.8. The van der Waals surface area contributed by atoms with Gasteiger partial charge >= 0.3 is 5.97 Å².